The molecule has 1 aliphatic rings. The van der Waals surface area contributed by atoms with Gasteiger partial charge in [-0.2, -0.15) is 5.26 Å². The van der Waals surface area contributed by atoms with Crippen LogP contribution in [0.5, 0.6) is 0 Å². The Morgan fingerprint density at radius 3 is 2.65 bits per heavy atom. The molecule has 2 heterocycles. The van der Waals surface area contributed by atoms with Gasteiger partial charge in [0.25, 0.3) is 11.1 Å². The third kappa shape index (κ3) is 5.03. The topological polar surface area (TPSA) is 95.2 Å². The molecule has 0 radical (unpaired) electrons. The van der Waals surface area contributed by atoms with Gasteiger partial charge in [0.05, 0.1) is 23.1 Å². The molecule has 0 bridgehead atoms. The number of imide groups is 1. The van der Waals surface area contributed by atoms with Gasteiger partial charge in [-0.05, 0) is 60.2 Å². The third-order valence-electron chi connectivity index (χ3n) is 6.06. The summed E-state index contributed by atoms with van der Waals surface area (Å²) < 4.78 is 1.83. The van der Waals surface area contributed by atoms with Gasteiger partial charge in [0.1, 0.15) is 6.54 Å². The van der Waals surface area contributed by atoms with Crippen molar-refractivity contribution in [3.05, 3.63) is 106 Å². The van der Waals surface area contributed by atoms with Gasteiger partial charge >= 0.3 is 0 Å². The van der Waals surface area contributed by atoms with Gasteiger partial charge in [-0.3, -0.25) is 19.3 Å². The number of nitrogens with one attached hydrogen (secondary N) is 1. The minimum absolute atomic E-state index is 0.0344. The van der Waals surface area contributed by atoms with E-state index in [0.29, 0.717) is 16.0 Å². The standard InChI is InChI=1S/C29H22N4O3S/c1-19-7-6-10-23(13-19)31-27(34)18-32-16-22(24-11-4-5-12-25(24)32)14-26-28(35)33(29(36)37-26)17-21-9-3-2-8-20(21)15-30/h2-14,16H,17-18H2,1H3,(H,31,34)/b26-14+. The Morgan fingerprint density at radius 2 is 1.84 bits per heavy atom. The summed E-state index contributed by atoms with van der Waals surface area (Å²) in [6.07, 6.45) is 3.51. The smallest absolute Gasteiger partial charge is 0.293 e. The molecule has 0 spiro atoms. The van der Waals surface area contributed by atoms with E-state index in [-0.39, 0.29) is 24.2 Å². The van der Waals surface area contributed by atoms with E-state index in [4.69, 9.17) is 0 Å². The fraction of sp³-hybridized carbons (Fsp3) is 0.103. The Kier molecular flexibility index (Phi) is 6.62. The highest BCUT2D eigenvalue weighted by Crippen LogP contribution is 2.35. The third-order valence-corrected chi connectivity index (χ3v) is 6.97. The average molecular weight is 507 g/mol. The molecule has 7 nitrogen and oxygen atoms in total. The van der Waals surface area contributed by atoms with Gasteiger partial charge in [0, 0.05) is 28.4 Å². The Balaban J connectivity index is 1.40. The predicted octanol–water partition coefficient (Wildman–Crippen LogP) is 5.70. The van der Waals surface area contributed by atoms with Crippen LogP contribution < -0.4 is 5.32 Å². The highest BCUT2D eigenvalue weighted by atomic mass is 32.2. The molecule has 8 heteroatoms. The lowest BCUT2D eigenvalue weighted by Gasteiger charge is -2.13. The lowest BCUT2D eigenvalue weighted by atomic mass is 10.1. The zero-order chi connectivity index (χ0) is 25.9. The van der Waals surface area contributed by atoms with Crippen LogP contribution in [0.2, 0.25) is 0 Å². The predicted molar refractivity (Wildman–Crippen MR) is 144 cm³/mol. The van der Waals surface area contributed by atoms with Crippen LogP contribution in [-0.2, 0) is 22.7 Å². The van der Waals surface area contributed by atoms with Crippen LogP contribution in [-0.4, -0.2) is 26.5 Å². The summed E-state index contributed by atoms with van der Waals surface area (Å²) >= 11 is 0.871. The van der Waals surface area contributed by atoms with Crippen molar-refractivity contribution in [2.24, 2.45) is 0 Å². The van der Waals surface area contributed by atoms with E-state index in [1.54, 1.807) is 30.3 Å². The molecule has 0 saturated carbocycles. The molecule has 1 fully saturated rings. The second-order valence-corrected chi connectivity index (χ2v) is 9.68. The minimum Gasteiger partial charge on any atom is -0.337 e. The van der Waals surface area contributed by atoms with Crippen LogP contribution in [0.3, 0.4) is 0 Å². The van der Waals surface area contributed by atoms with Gasteiger partial charge in [-0.15, -0.1) is 0 Å². The van der Waals surface area contributed by atoms with E-state index < -0.39 is 5.91 Å². The van der Waals surface area contributed by atoms with Crippen LogP contribution in [0.25, 0.3) is 17.0 Å². The Labute approximate surface area is 218 Å². The van der Waals surface area contributed by atoms with Gasteiger partial charge in [0.15, 0.2) is 0 Å². The second kappa shape index (κ2) is 10.2. The largest absolute Gasteiger partial charge is 0.337 e. The lowest BCUT2D eigenvalue weighted by molar-refractivity contribution is -0.123. The summed E-state index contributed by atoms with van der Waals surface area (Å²) in [7, 11) is 0. The molecule has 0 atom stereocenters. The molecular weight excluding hydrogens is 484 g/mol. The fourth-order valence-corrected chi connectivity index (χ4v) is 5.14. The molecule has 0 unspecified atom stereocenters. The first-order valence-electron chi connectivity index (χ1n) is 11.6. The summed E-state index contributed by atoms with van der Waals surface area (Å²) in [5, 5.41) is 12.8. The lowest BCUT2D eigenvalue weighted by Crippen LogP contribution is -2.27. The molecule has 3 amide bonds. The number of aryl methyl sites for hydroxylation is 1. The van der Waals surface area contributed by atoms with Crippen molar-refractivity contribution in [1.82, 2.24) is 9.47 Å². The number of thioether (sulfide) groups is 1. The van der Waals surface area contributed by atoms with E-state index in [0.717, 1.165) is 44.4 Å². The van der Waals surface area contributed by atoms with Crippen LogP contribution in [0.4, 0.5) is 10.5 Å². The van der Waals surface area contributed by atoms with Crippen molar-refractivity contribution in [1.29, 1.82) is 5.26 Å². The molecule has 182 valence electrons. The quantitative estimate of drug-likeness (QED) is 0.339. The number of amides is 3. The van der Waals surface area contributed by atoms with Crippen LogP contribution in [0.15, 0.2) is 83.9 Å². The maximum atomic E-state index is 13.1. The minimum atomic E-state index is -0.406. The average Bonchev–Trinajstić information content (AvgIpc) is 3.36. The zero-order valence-electron chi connectivity index (χ0n) is 20.0. The number of carbonyl (C=O) groups is 3. The first-order chi connectivity index (χ1) is 17.9. The normalized spacial score (nSPS) is 14.4. The Bertz CT molecular complexity index is 1630. The number of rotatable bonds is 6. The van der Waals surface area contributed by atoms with Gasteiger partial charge in [-0.25, -0.2) is 0 Å². The van der Waals surface area contributed by atoms with Crippen molar-refractivity contribution >= 4 is 51.5 Å². The van der Waals surface area contributed by atoms with Gasteiger partial charge in [-0.1, -0.05) is 48.5 Å². The molecule has 5 rings (SSSR count). The van der Waals surface area contributed by atoms with Crippen molar-refractivity contribution < 1.29 is 14.4 Å². The van der Waals surface area contributed by atoms with Crippen LogP contribution >= 0.6 is 11.8 Å². The number of aromatic nitrogens is 1. The zero-order valence-corrected chi connectivity index (χ0v) is 20.8. The number of nitriles is 1. The maximum Gasteiger partial charge on any atom is 0.293 e. The molecule has 3 aromatic carbocycles. The molecular formula is C29H22N4O3S. The SMILES string of the molecule is Cc1cccc(NC(=O)Cn2cc(/C=C3/SC(=O)N(Cc4ccccc4C#N)C3=O)c3ccccc32)c1. The number of fused-ring (bicyclic) bond motifs is 1. The van der Waals surface area contributed by atoms with E-state index in [9.17, 15) is 19.6 Å². The fourth-order valence-electron chi connectivity index (χ4n) is 4.31. The molecule has 1 aromatic heterocycles. The first kappa shape index (κ1) is 24.1. The van der Waals surface area contributed by atoms with Crippen LogP contribution in [0.1, 0.15) is 22.3 Å². The number of hydrogen-bond donors (Lipinski definition) is 1. The molecule has 37 heavy (non-hydrogen) atoms. The van der Waals surface area contributed by atoms with Crippen molar-refractivity contribution in [3.63, 3.8) is 0 Å². The number of para-hydroxylation sites is 1. The molecule has 1 N–H and O–H groups in total. The number of nitrogens with zero attached hydrogens (tertiary/aromatic N) is 3. The summed E-state index contributed by atoms with van der Waals surface area (Å²) in [6, 6.07) is 24.2. The second-order valence-electron chi connectivity index (χ2n) is 8.68. The van der Waals surface area contributed by atoms with Crippen molar-refractivity contribution in [2.75, 3.05) is 5.32 Å². The van der Waals surface area contributed by atoms with E-state index in [1.807, 2.05) is 66.2 Å². The Morgan fingerprint density at radius 1 is 1.05 bits per heavy atom. The summed E-state index contributed by atoms with van der Waals surface area (Å²) in [6.45, 7) is 2.09. The highest BCUT2D eigenvalue weighted by Gasteiger charge is 2.35. The number of anilines is 1. The summed E-state index contributed by atoms with van der Waals surface area (Å²) in [5.74, 6) is -0.578. The highest BCUT2D eigenvalue weighted by molar-refractivity contribution is 8.18. The van der Waals surface area contributed by atoms with Gasteiger partial charge < -0.3 is 9.88 Å². The van der Waals surface area contributed by atoms with Crippen molar-refractivity contribution in [2.45, 2.75) is 20.0 Å². The van der Waals surface area contributed by atoms with E-state index in [2.05, 4.69) is 11.4 Å². The molecule has 0 aliphatic carbocycles. The van der Waals surface area contributed by atoms with E-state index >= 15 is 0 Å². The molecule has 1 aliphatic heterocycles. The van der Waals surface area contributed by atoms with Gasteiger partial charge in [0.2, 0.25) is 5.91 Å². The van der Waals surface area contributed by atoms with Crippen LogP contribution in [0, 0.1) is 18.3 Å². The summed E-state index contributed by atoms with van der Waals surface area (Å²) in [4.78, 5) is 40.1. The van der Waals surface area contributed by atoms with Crippen molar-refractivity contribution in [3.8, 4) is 6.07 Å². The first-order valence-corrected chi connectivity index (χ1v) is 12.4. The maximum absolute atomic E-state index is 13.1. The number of carbonyl (C=O) groups excluding carboxylic acids is 3. The van der Waals surface area contributed by atoms with E-state index in [1.165, 1.54) is 0 Å². The number of benzene rings is 3. The number of hydrogen-bond acceptors (Lipinski definition) is 5. The Hall–Kier alpha value is -4.61. The molecule has 1 saturated heterocycles. The summed E-state index contributed by atoms with van der Waals surface area (Å²) in [5.41, 5.74) is 4.41. The monoisotopic (exact) mass is 506 g/mol. The molecule has 4 aromatic rings.